The van der Waals surface area contributed by atoms with Gasteiger partial charge in [-0.05, 0) is 36.4 Å². The summed E-state index contributed by atoms with van der Waals surface area (Å²) >= 11 is 0. The number of benzene rings is 2. The lowest BCUT2D eigenvalue weighted by molar-refractivity contribution is -0.137. The molecule has 4 rings (SSSR count). The van der Waals surface area contributed by atoms with E-state index in [1.54, 1.807) is 4.68 Å². The molecule has 2 aromatic heterocycles. The van der Waals surface area contributed by atoms with Crippen LogP contribution in [0.25, 0.3) is 16.6 Å². The van der Waals surface area contributed by atoms with Crippen LogP contribution in [0.15, 0.2) is 48.9 Å². The summed E-state index contributed by atoms with van der Waals surface area (Å²) in [5, 5.41) is 12.2. The van der Waals surface area contributed by atoms with Crippen molar-refractivity contribution in [3.05, 3.63) is 54.5 Å². The van der Waals surface area contributed by atoms with Gasteiger partial charge in [0.05, 0.1) is 16.8 Å². The number of fused-ring (bicyclic) bond motifs is 1. The second-order valence-corrected chi connectivity index (χ2v) is 6.03. The molecule has 7 nitrogen and oxygen atoms in total. The van der Waals surface area contributed by atoms with Crippen molar-refractivity contribution in [1.29, 1.82) is 0 Å². The third kappa shape index (κ3) is 3.41. The highest BCUT2D eigenvalue weighted by molar-refractivity contribution is 5.80. The van der Waals surface area contributed by atoms with Gasteiger partial charge in [0.25, 0.3) is 0 Å². The number of aryl methyl sites for hydroxylation is 1. The highest BCUT2D eigenvalue weighted by Crippen LogP contribution is 2.33. The summed E-state index contributed by atoms with van der Waals surface area (Å²) in [6, 6.07) is 8.79. The van der Waals surface area contributed by atoms with Gasteiger partial charge in [-0.1, -0.05) is 0 Å². The Hall–Kier alpha value is -3.56. The van der Waals surface area contributed by atoms with Crippen LogP contribution >= 0.6 is 0 Å². The van der Waals surface area contributed by atoms with Crippen molar-refractivity contribution in [3.8, 4) is 5.69 Å². The van der Waals surface area contributed by atoms with Crippen molar-refractivity contribution in [2.75, 3.05) is 11.1 Å². The summed E-state index contributed by atoms with van der Waals surface area (Å²) in [5.41, 5.74) is 6.47. The zero-order chi connectivity index (χ0) is 19.2. The van der Waals surface area contributed by atoms with E-state index in [0.29, 0.717) is 0 Å². The Morgan fingerprint density at radius 3 is 2.67 bits per heavy atom. The number of anilines is 3. The summed E-state index contributed by atoms with van der Waals surface area (Å²) in [6.07, 6.45) is -1.14. The van der Waals surface area contributed by atoms with E-state index in [2.05, 4.69) is 20.5 Å². The average Bonchev–Trinajstić information content (AvgIpc) is 3.18. The number of nitrogen functional groups attached to an aromatic ring is 1. The fourth-order valence-electron chi connectivity index (χ4n) is 2.74. The monoisotopic (exact) mass is 373 g/mol. The minimum Gasteiger partial charge on any atom is -0.399 e. The number of rotatable bonds is 3. The van der Waals surface area contributed by atoms with Crippen LogP contribution in [0.2, 0.25) is 0 Å². The van der Waals surface area contributed by atoms with Gasteiger partial charge >= 0.3 is 6.18 Å². The molecular weight excluding hydrogens is 359 g/mol. The molecule has 2 aromatic carbocycles. The normalized spacial score (nSPS) is 11.9. The first-order valence-corrected chi connectivity index (χ1v) is 7.88. The molecule has 0 amide bonds. The van der Waals surface area contributed by atoms with Crippen LogP contribution in [0, 0.1) is 0 Å². The smallest absolute Gasteiger partial charge is 0.399 e. The molecule has 0 bridgehead atoms. The third-order valence-corrected chi connectivity index (χ3v) is 3.90. The number of hydrogen-bond donors (Lipinski definition) is 2. The van der Waals surface area contributed by atoms with Crippen LogP contribution in [0.3, 0.4) is 0 Å². The van der Waals surface area contributed by atoms with Crippen molar-refractivity contribution in [2.24, 2.45) is 7.05 Å². The molecule has 0 radical (unpaired) electrons. The fourth-order valence-corrected chi connectivity index (χ4v) is 2.74. The quantitative estimate of drug-likeness (QED) is 0.537. The summed E-state index contributed by atoms with van der Waals surface area (Å²) in [7, 11) is 1.83. The lowest BCUT2D eigenvalue weighted by Gasteiger charge is -2.10. The van der Waals surface area contributed by atoms with Crippen molar-refractivity contribution >= 4 is 28.2 Å². The van der Waals surface area contributed by atoms with Crippen LogP contribution in [-0.4, -0.2) is 24.5 Å². The largest absolute Gasteiger partial charge is 0.416 e. The molecule has 0 aliphatic heterocycles. The van der Waals surface area contributed by atoms with Gasteiger partial charge in [-0.15, -0.1) is 5.10 Å². The first-order valence-electron chi connectivity index (χ1n) is 7.88. The van der Waals surface area contributed by atoms with Crippen LogP contribution in [0.5, 0.6) is 0 Å². The number of nitrogens with two attached hydrogens (primary N) is 1. The maximum absolute atomic E-state index is 12.9. The minimum atomic E-state index is -4.49. The number of aromatic nitrogens is 5. The van der Waals surface area contributed by atoms with E-state index in [1.165, 1.54) is 17.1 Å². The maximum Gasteiger partial charge on any atom is 0.416 e. The predicted molar refractivity (Wildman–Crippen MR) is 94.8 cm³/mol. The predicted octanol–water partition coefficient (Wildman–Crippen LogP) is 3.50. The van der Waals surface area contributed by atoms with E-state index in [-0.39, 0.29) is 17.3 Å². The van der Waals surface area contributed by atoms with Crippen LogP contribution in [0.4, 0.5) is 30.5 Å². The molecule has 0 aliphatic rings. The highest BCUT2D eigenvalue weighted by atomic mass is 19.4. The van der Waals surface area contributed by atoms with Gasteiger partial charge < -0.3 is 11.1 Å². The molecule has 2 heterocycles. The molecule has 0 aliphatic carbocycles. The standard InChI is InChI=1S/C17H14F3N7/c1-26-8-10-4-14(2-3-15(10)24-26)27-9-22-16(25-27)23-13-6-11(17(18,19)20)5-12(21)7-13/h2-9H,21H2,1H3,(H,23,25). The maximum atomic E-state index is 12.9. The van der Waals surface area contributed by atoms with E-state index in [4.69, 9.17) is 5.73 Å². The average molecular weight is 373 g/mol. The van der Waals surface area contributed by atoms with E-state index in [0.717, 1.165) is 28.7 Å². The number of hydrogen-bond acceptors (Lipinski definition) is 5. The Morgan fingerprint density at radius 1 is 1.07 bits per heavy atom. The first-order chi connectivity index (χ1) is 12.8. The van der Waals surface area contributed by atoms with Crippen LogP contribution < -0.4 is 11.1 Å². The Balaban J connectivity index is 1.62. The fraction of sp³-hybridized carbons (Fsp3) is 0.118. The van der Waals surface area contributed by atoms with Crippen molar-refractivity contribution < 1.29 is 13.2 Å². The van der Waals surface area contributed by atoms with Gasteiger partial charge in [0.2, 0.25) is 5.95 Å². The first kappa shape index (κ1) is 16.9. The Morgan fingerprint density at radius 2 is 1.89 bits per heavy atom. The summed E-state index contributed by atoms with van der Waals surface area (Å²) in [4.78, 5) is 4.09. The Labute approximate surface area is 151 Å². The molecule has 27 heavy (non-hydrogen) atoms. The van der Waals surface area contributed by atoms with Crippen molar-refractivity contribution in [2.45, 2.75) is 6.18 Å². The summed E-state index contributed by atoms with van der Waals surface area (Å²) in [5.74, 6) is 0.153. The SMILES string of the molecule is Cn1cc2cc(-n3cnc(Nc4cc(N)cc(C(F)(F)F)c4)n3)ccc2n1. The molecule has 0 unspecified atom stereocenters. The van der Waals surface area contributed by atoms with Gasteiger partial charge in [-0.3, -0.25) is 4.68 Å². The second-order valence-electron chi connectivity index (χ2n) is 6.03. The molecular formula is C17H14F3N7. The second kappa shape index (κ2) is 6.01. The Bertz CT molecular complexity index is 1130. The molecule has 0 spiro atoms. The summed E-state index contributed by atoms with van der Waals surface area (Å²) in [6.45, 7) is 0. The van der Waals surface area contributed by atoms with Crippen LogP contribution in [-0.2, 0) is 13.2 Å². The molecule has 138 valence electrons. The van der Waals surface area contributed by atoms with Gasteiger partial charge in [0.15, 0.2) is 0 Å². The lowest BCUT2D eigenvalue weighted by Crippen LogP contribution is -2.07. The van der Waals surface area contributed by atoms with E-state index >= 15 is 0 Å². The minimum absolute atomic E-state index is 0.00575. The molecule has 4 aromatic rings. The lowest BCUT2D eigenvalue weighted by atomic mass is 10.1. The molecule has 0 saturated carbocycles. The zero-order valence-corrected chi connectivity index (χ0v) is 14.1. The van der Waals surface area contributed by atoms with Gasteiger partial charge in [-0.25, -0.2) is 4.68 Å². The number of nitrogens with one attached hydrogen (secondary N) is 1. The molecule has 3 N–H and O–H groups in total. The number of alkyl halides is 3. The molecule has 10 heteroatoms. The van der Waals surface area contributed by atoms with E-state index in [9.17, 15) is 13.2 Å². The Kier molecular flexibility index (Phi) is 3.76. The number of halogens is 3. The zero-order valence-electron chi connectivity index (χ0n) is 14.1. The van der Waals surface area contributed by atoms with Crippen LogP contribution in [0.1, 0.15) is 5.56 Å². The van der Waals surface area contributed by atoms with Gasteiger partial charge in [0, 0.05) is 30.0 Å². The summed E-state index contributed by atoms with van der Waals surface area (Å²) < 4.78 is 42.0. The molecule has 0 saturated heterocycles. The van der Waals surface area contributed by atoms with E-state index in [1.807, 2.05) is 31.4 Å². The highest BCUT2D eigenvalue weighted by Gasteiger charge is 2.31. The molecule has 0 fully saturated rings. The molecule has 0 atom stereocenters. The topological polar surface area (TPSA) is 86.6 Å². The third-order valence-electron chi connectivity index (χ3n) is 3.90. The van der Waals surface area contributed by atoms with Crippen molar-refractivity contribution in [3.63, 3.8) is 0 Å². The number of nitrogens with zero attached hydrogens (tertiary/aromatic N) is 5. The van der Waals surface area contributed by atoms with Gasteiger partial charge in [-0.2, -0.15) is 23.3 Å². The van der Waals surface area contributed by atoms with Gasteiger partial charge in [0.1, 0.15) is 6.33 Å². The van der Waals surface area contributed by atoms with Crippen molar-refractivity contribution in [1.82, 2.24) is 24.5 Å². The van der Waals surface area contributed by atoms with E-state index < -0.39 is 11.7 Å².